The van der Waals surface area contributed by atoms with Gasteiger partial charge >= 0.3 is 0 Å². The maximum absolute atomic E-state index is 12.0. The number of amides is 1. The topological polar surface area (TPSA) is 92.7 Å². The molecule has 0 bridgehead atoms. The van der Waals surface area contributed by atoms with E-state index in [1.165, 1.54) is 17.5 Å². The number of nitrogens with zero attached hydrogens (tertiary/aromatic N) is 4. The quantitative estimate of drug-likeness (QED) is 0.748. The van der Waals surface area contributed by atoms with E-state index in [0.717, 1.165) is 11.3 Å². The Morgan fingerprint density at radius 3 is 2.87 bits per heavy atom. The van der Waals surface area contributed by atoms with Gasteiger partial charge in [-0.05, 0) is 30.7 Å². The fourth-order valence-electron chi connectivity index (χ4n) is 1.91. The van der Waals surface area contributed by atoms with Crippen LogP contribution in [0.4, 0.5) is 10.9 Å². The lowest BCUT2D eigenvalue weighted by Gasteiger charge is -2.08. The molecule has 0 atom stereocenters. The van der Waals surface area contributed by atoms with Crippen molar-refractivity contribution in [2.24, 2.45) is 0 Å². The van der Waals surface area contributed by atoms with Crippen molar-refractivity contribution in [1.82, 2.24) is 20.2 Å². The Balaban J connectivity index is 1.61. The minimum atomic E-state index is -0.263. The molecular weight excluding hydrogens is 312 g/mol. The summed E-state index contributed by atoms with van der Waals surface area (Å²) in [5.74, 6) is 0.420. The van der Waals surface area contributed by atoms with Crippen molar-refractivity contribution in [2.45, 2.75) is 13.5 Å². The molecule has 8 heteroatoms. The highest BCUT2D eigenvalue weighted by Crippen LogP contribution is 2.12. The van der Waals surface area contributed by atoms with Crippen LogP contribution in [-0.2, 0) is 6.54 Å². The zero-order valence-electron chi connectivity index (χ0n) is 12.4. The van der Waals surface area contributed by atoms with Gasteiger partial charge in [0.1, 0.15) is 11.3 Å². The molecule has 0 saturated heterocycles. The number of nitrogens with one attached hydrogen (secondary N) is 2. The molecule has 3 heterocycles. The lowest BCUT2D eigenvalue weighted by molar-refractivity contribution is 0.102. The van der Waals surface area contributed by atoms with Crippen LogP contribution >= 0.6 is 11.3 Å². The van der Waals surface area contributed by atoms with Crippen molar-refractivity contribution in [2.75, 3.05) is 10.6 Å². The summed E-state index contributed by atoms with van der Waals surface area (Å²) in [6.07, 6.45) is 3.28. The summed E-state index contributed by atoms with van der Waals surface area (Å²) in [4.78, 5) is 20.6. The summed E-state index contributed by atoms with van der Waals surface area (Å²) in [5, 5.41) is 13.7. The predicted molar refractivity (Wildman–Crippen MR) is 88.4 cm³/mol. The Morgan fingerprint density at radius 2 is 2.17 bits per heavy atom. The molecule has 0 unspecified atom stereocenters. The summed E-state index contributed by atoms with van der Waals surface area (Å²) in [6.45, 7) is 2.59. The Morgan fingerprint density at radius 1 is 1.26 bits per heavy atom. The Hall–Kier alpha value is -2.87. The van der Waals surface area contributed by atoms with Crippen molar-refractivity contribution >= 4 is 28.2 Å². The van der Waals surface area contributed by atoms with Crippen molar-refractivity contribution in [3.8, 4) is 0 Å². The Bertz CT molecular complexity index is 788. The smallest absolute Gasteiger partial charge is 0.259 e. The number of carbonyl (C=O) groups excluding carboxylic acids is 1. The average molecular weight is 326 g/mol. The summed E-state index contributed by atoms with van der Waals surface area (Å²) >= 11 is 1.26. The molecule has 0 saturated carbocycles. The van der Waals surface area contributed by atoms with Crippen molar-refractivity contribution in [3.05, 3.63) is 59.0 Å². The van der Waals surface area contributed by atoms with Crippen molar-refractivity contribution in [3.63, 3.8) is 0 Å². The van der Waals surface area contributed by atoms with E-state index >= 15 is 0 Å². The molecule has 2 N–H and O–H groups in total. The molecule has 116 valence electrons. The molecule has 23 heavy (non-hydrogen) atoms. The molecule has 7 nitrogen and oxygen atoms in total. The second kappa shape index (κ2) is 6.93. The van der Waals surface area contributed by atoms with Crippen LogP contribution < -0.4 is 10.6 Å². The molecule has 0 aliphatic heterocycles. The first kappa shape index (κ1) is 15.0. The van der Waals surface area contributed by atoms with E-state index in [0.29, 0.717) is 23.1 Å². The number of pyridine rings is 2. The standard InChI is InChI=1S/C15H14N6OS/c1-10-3-2-6-16-12(10)8-18-13-5-4-11(7-17-13)14(22)20-15-21-19-9-23-15/h2-7,9H,8H2,1H3,(H,17,18)(H,20,21,22). The summed E-state index contributed by atoms with van der Waals surface area (Å²) in [6, 6.07) is 7.38. The fraction of sp³-hybridized carbons (Fsp3) is 0.133. The maximum Gasteiger partial charge on any atom is 0.259 e. The minimum Gasteiger partial charge on any atom is -0.364 e. The molecule has 3 rings (SSSR count). The molecule has 0 aliphatic carbocycles. The normalized spacial score (nSPS) is 10.3. The van der Waals surface area contributed by atoms with Crippen LogP contribution in [0.1, 0.15) is 21.6 Å². The summed E-state index contributed by atoms with van der Waals surface area (Å²) in [7, 11) is 0. The maximum atomic E-state index is 12.0. The number of carbonyl (C=O) groups is 1. The highest BCUT2D eigenvalue weighted by atomic mass is 32.1. The van der Waals surface area contributed by atoms with Gasteiger partial charge in [-0.25, -0.2) is 4.98 Å². The molecule has 3 aromatic rings. The first-order valence-corrected chi connectivity index (χ1v) is 7.78. The van der Waals surface area contributed by atoms with Gasteiger partial charge in [-0.2, -0.15) is 0 Å². The number of hydrogen-bond donors (Lipinski definition) is 2. The third-order valence-electron chi connectivity index (χ3n) is 3.16. The van der Waals surface area contributed by atoms with Gasteiger partial charge in [-0.15, -0.1) is 10.2 Å². The van der Waals surface area contributed by atoms with Crippen LogP contribution in [0.15, 0.2) is 42.2 Å². The Kier molecular flexibility index (Phi) is 4.53. The van der Waals surface area contributed by atoms with Gasteiger partial charge in [0.05, 0.1) is 17.8 Å². The van der Waals surface area contributed by atoms with Crippen LogP contribution in [0.5, 0.6) is 0 Å². The zero-order valence-corrected chi connectivity index (χ0v) is 13.2. The average Bonchev–Trinajstić information content (AvgIpc) is 3.07. The van der Waals surface area contributed by atoms with E-state index in [9.17, 15) is 4.79 Å². The lowest BCUT2D eigenvalue weighted by Crippen LogP contribution is -2.12. The third kappa shape index (κ3) is 3.86. The molecule has 0 fully saturated rings. The van der Waals surface area contributed by atoms with Crippen LogP contribution in [0.2, 0.25) is 0 Å². The van der Waals surface area contributed by atoms with Crippen LogP contribution in [0.3, 0.4) is 0 Å². The molecule has 1 amide bonds. The molecule has 0 spiro atoms. The van der Waals surface area contributed by atoms with Gasteiger partial charge in [0.15, 0.2) is 0 Å². The number of hydrogen-bond acceptors (Lipinski definition) is 7. The van der Waals surface area contributed by atoms with E-state index in [1.807, 2.05) is 19.1 Å². The predicted octanol–water partition coefficient (Wildman–Crippen LogP) is 2.50. The summed E-state index contributed by atoms with van der Waals surface area (Å²) < 4.78 is 0. The molecule has 0 aliphatic rings. The van der Waals surface area contributed by atoms with Gasteiger partial charge in [-0.1, -0.05) is 17.4 Å². The zero-order chi connectivity index (χ0) is 16.1. The Labute approximate surface area is 136 Å². The second-order valence-corrected chi connectivity index (χ2v) is 5.58. The van der Waals surface area contributed by atoms with Crippen LogP contribution in [0, 0.1) is 6.92 Å². The van der Waals surface area contributed by atoms with E-state index in [-0.39, 0.29) is 5.91 Å². The first-order valence-electron chi connectivity index (χ1n) is 6.90. The monoisotopic (exact) mass is 326 g/mol. The van der Waals surface area contributed by atoms with Crippen molar-refractivity contribution in [1.29, 1.82) is 0 Å². The first-order chi connectivity index (χ1) is 11.2. The number of rotatable bonds is 5. The van der Waals surface area contributed by atoms with E-state index in [1.54, 1.807) is 23.8 Å². The highest BCUT2D eigenvalue weighted by Gasteiger charge is 2.08. The van der Waals surface area contributed by atoms with Gasteiger partial charge in [0.25, 0.3) is 5.91 Å². The van der Waals surface area contributed by atoms with E-state index < -0.39 is 0 Å². The third-order valence-corrected chi connectivity index (χ3v) is 3.77. The summed E-state index contributed by atoms with van der Waals surface area (Å²) in [5.41, 5.74) is 4.10. The largest absolute Gasteiger partial charge is 0.364 e. The molecular formula is C15H14N6OS. The highest BCUT2D eigenvalue weighted by molar-refractivity contribution is 7.13. The number of anilines is 2. The minimum absolute atomic E-state index is 0.263. The molecule has 3 aromatic heterocycles. The second-order valence-electron chi connectivity index (χ2n) is 4.75. The van der Waals surface area contributed by atoms with Crippen LogP contribution in [0.25, 0.3) is 0 Å². The van der Waals surface area contributed by atoms with Crippen molar-refractivity contribution < 1.29 is 4.79 Å². The van der Waals surface area contributed by atoms with Gasteiger partial charge in [0, 0.05) is 12.4 Å². The van der Waals surface area contributed by atoms with E-state index in [4.69, 9.17) is 0 Å². The fourth-order valence-corrected chi connectivity index (χ4v) is 2.35. The SMILES string of the molecule is Cc1cccnc1CNc1ccc(C(=O)Nc2nncs2)cn1. The van der Waals surface area contributed by atoms with Crippen LogP contribution in [-0.4, -0.2) is 26.1 Å². The number of aromatic nitrogens is 4. The van der Waals surface area contributed by atoms with E-state index in [2.05, 4.69) is 30.8 Å². The molecule has 0 radical (unpaired) electrons. The number of aryl methyl sites for hydroxylation is 1. The van der Waals surface area contributed by atoms with Gasteiger partial charge in [0.2, 0.25) is 5.13 Å². The van der Waals surface area contributed by atoms with Gasteiger partial charge in [-0.3, -0.25) is 15.1 Å². The van der Waals surface area contributed by atoms with Gasteiger partial charge < -0.3 is 5.32 Å². The lowest BCUT2D eigenvalue weighted by atomic mass is 10.2. The molecule has 0 aromatic carbocycles.